The Hall–Kier alpha value is -3.02. The minimum absolute atomic E-state index is 0.140. The van der Waals surface area contributed by atoms with Gasteiger partial charge in [-0.3, -0.25) is 9.59 Å². The van der Waals surface area contributed by atoms with E-state index in [1.54, 1.807) is 12.1 Å². The number of carbonyl (C=O) groups excluding carboxylic acids is 2. The number of unbranched alkanes of at least 4 members (excludes halogenated alkanes) is 13. The van der Waals surface area contributed by atoms with E-state index >= 15 is 0 Å². The van der Waals surface area contributed by atoms with Gasteiger partial charge in [-0.25, -0.2) is 0 Å². The molecular weight excluding hydrogens is 480 g/mol. The second-order valence-electron chi connectivity index (χ2n) is 10.3. The first-order chi connectivity index (χ1) is 18.3. The molecule has 0 amide bonds. The molecule has 38 heavy (non-hydrogen) atoms. The Bertz CT molecular complexity index is 904. The fraction of sp³-hybridized carbons (Fsp3) is 0.562. The number of phenolic OH excluding ortho intramolecular Hbond substituents is 2. The Morgan fingerprint density at radius 1 is 0.500 bits per heavy atom. The summed E-state index contributed by atoms with van der Waals surface area (Å²) in [5, 5.41) is 19.6. The van der Waals surface area contributed by atoms with Crippen molar-refractivity contribution in [1.29, 1.82) is 0 Å². The van der Waals surface area contributed by atoms with Crippen LogP contribution in [0.2, 0.25) is 0 Å². The van der Waals surface area contributed by atoms with Crippen LogP contribution in [-0.4, -0.2) is 22.2 Å². The number of hydrogen-bond donors (Lipinski definition) is 2. The highest BCUT2D eigenvalue weighted by Crippen LogP contribution is 2.25. The van der Waals surface area contributed by atoms with Gasteiger partial charge in [-0.1, -0.05) is 77.0 Å². The summed E-state index contributed by atoms with van der Waals surface area (Å²) in [7, 11) is 0. The first kappa shape index (κ1) is 31.2. The Balaban J connectivity index is 1.39. The minimum atomic E-state index is -0.377. The molecule has 0 aromatic heterocycles. The number of benzene rings is 2. The van der Waals surface area contributed by atoms with Gasteiger partial charge in [-0.15, -0.1) is 0 Å². The molecule has 2 aromatic carbocycles. The molecule has 0 saturated carbocycles. The second-order valence-corrected chi connectivity index (χ2v) is 10.3. The monoisotopic (exact) mass is 526 g/mol. The lowest BCUT2D eigenvalue weighted by molar-refractivity contribution is -0.132. The first-order valence-electron chi connectivity index (χ1n) is 14.3. The van der Waals surface area contributed by atoms with Crippen molar-refractivity contribution < 1.29 is 29.3 Å². The molecule has 0 atom stereocenters. The number of phenols is 2. The van der Waals surface area contributed by atoms with E-state index in [4.69, 9.17) is 9.47 Å². The third-order valence-corrected chi connectivity index (χ3v) is 6.61. The van der Waals surface area contributed by atoms with E-state index in [-0.39, 0.29) is 23.4 Å². The van der Waals surface area contributed by atoms with Gasteiger partial charge >= 0.3 is 11.9 Å². The van der Waals surface area contributed by atoms with E-state index in [0.717, 1.165) is 36.8 Å². The fourth-order valence-corrected chi connectivity index (χ4v) is 4.80. The minimum Gasteiger partial charge on any atom is -0.508 e. The van der Waals surface area contributed by atoms with Crippen molar-refractivity contribution in [3.63, 3.8) is 0 Å². The maximum atomic E-state index is 11.1. The van der Waals surface area contributed by atoms with Crippen molar-refractivity contribution in [3.05, 3.63) is 47.5 Å². The third kappa shape index (κ3) is 14.7. The summed E-state index contributed by atoms with van der Waals surface area (Å²) in [6.45, 7) is 2.72. The molecule has 0 heterocycles. The zero-order valence-corrected chi connectivity index (χ0v) is 23.3. The maximum absolute atomic E-state index is 11.1. The standard InChI is InChI=1S/C32H46O6/c1-25(33)37-31-21-27(19-29(35)23-31)17-15-13-11-9-7-5-3-4-6-8-10-12-14-16-18-28-20-30(36)24-32(22-28)38-26(2)34/h19-24,35-36H,3-18H2,1-2H3. The summed E-state index contributed by atoms with van der Waals surface area (Å²) in [6.07, 6.45) is 19.2. The lowest BCUT2D eigenvalue weighted by atomic mass is 10.0. The van der Waals surface area contributed by atoms with Gasteiger partial charge in [0.25, 0.3) is 0 Å². The highest BCUT2D eigenvalue weighted by Gasteiger charge is 2.05. The van der Waals surface area contributed by atoms with E-state index < -0.39 is 0 Å². The fourth-order valence-electron chi connectivity index (χ4n) is 4.80. The van der Waals surface area contributed by atoms with Gasteiger partial charge in [0.15, 0.2) is 0 Å². The summed E-state index contributed by atoms with van der Waals surface area (Å²) >= 11 is 0. The van der Waals surface area contributed by atoms with Gasteiger partial charge in [0.1, 0.15) is 23.0 Å². The molecule has 210 valence electrons. The van der Waals surface area contributed by atoms with Gasteiger partial charge < -0.3 is 19.7 Å². The summed E-state index contributed by atoms with van der Waals surface area (Å²) < 4.78 is 10.2. The van der Waals surface area contributed by atoms with Crippen LogP contribution in [0, 0.1) is 0 Å². The van der Waals surface area contributed by atoms with Gasteiger partial charge in [0.2, 0.25) is 0 Å². The first-order valence-corrected chi connectivity index (χ1v) is 14.3. The summed E-state index contributed by atoms with van der Waals surface area (Å²) in [6, 6.07) is 10.1. The molecule has 0 aliphatic carbocycles. The van der Waals surface area contributed by atoms with E-state index in [9.17, 15) is 19.8 Å². The Morgan fingerprint density at radius 3 is 1.08 bits per heavy atom. The van der Waals surface area contributed by atoms with Crippen LogP contribution in [-0.2, 0) is 22.4 Å². The SMILES string of the molecule is CC(=O)Oc1cc(O)cc(CCCCCCCCCCCCCCCCc2cc(O)cc(OC(C)=O)c2)c1. The van der Waals surface area contributed by atoms with Crippen molar-refractivity contribution in [1.82, 2.24) is 0 Å². The largest absolute Gasteiger partial charge is 0.508 e. The van der Waals surface area contributed by atoms with Gasteiger partial charge in [0.05, 0.1) is 0 Å². The predicted octanol–water partition coefficient (Wildman–Crippen LogP) is 8.20. The quantitative estimate of drug-likeness (QED) is 0.109. The van der Waals surface area contributed by atoms with Crippen LogP contribution < -0.4 is 9.47 Å². The molecular formula is C32H46O6. The summed E-state index contributed by atoms with van der Waals surface area (Å²) in [5.41, 5.74) is 2.01. The lowest BCUT2D eigenvalue weighted by Gasteiger charge is -2.07. The van der Waals surface area contributed by atoms with Crippen molar-refractivity contribution in [2.24, 2.45) is 0 Å². The van der Waals surface area contributed by atoms with Crippen LogP contribution in [0.15, 0.2) is 36.4 Å². The van der Waals surface area contributed by atoms with Crippen molar-refractivity contribution in [2.75, 3.05) is 0 Å². The molecule has 0 radical (unpaired) electrons. The van der Waals surface area contributed by atoms with Crippen molar-refractivity contribution >= 4 is 11.9 Å². The van der Waals surface area contributed by atoms with Crippen LogP contribution >= 0.6 is 0 Å². The van der Waals surface area contributed by atoms with Crippen LogP contribution in [0.25, 0.3) is 0 Å². The predicted molar refractivity (Wildman–Crippen MR) is 151 cm³/mol. The number of carbonyl (C=O) groups is 2. The van der Waals surface area contributed by atoms with E-state index in [1.807, 2.05) is 12.1 Å². The molecule has 0 spiro atoms. The third-order valence-electron chi connectivity index (χ3n) is 6.61. The Kier molecular flexibility index (Phi) is 15.0. The highest BCUT2D eigenvalue weighted by atomic mass is 16.5. The van der Waals surface area contributed by atoms with Gasteiger partial charge in [-0.2, -0.15) is 0 Å². The second kappa shape index (κ2) is 18.3. The smallest absolute Gasteiger partial charge is 0.308 e. The zero-order chi connectivity index (χ0) is 27.6. The highest BCUT2D eigenvalue weighted by molar-refractivity contribution is 5.70. The van der Waals surface area contributed by atoms with Gasteiger partial charge in [-0.05, 0) is 61.1 Å². The molecule has 0 aliphatic heterocycles. The molecule has 0 saturated heterocycles. The number of aromatic hydroxyl groups is 2. The molecule has 0 aliphatic rings. The molecule has 2 N–H and O–H groups in total. The molecule has 2 rings (SSSR count). The summed E-state index contributed by atoms with van der Waals surface area (Å²) in [5.74, 6) is 0.350. The topological polar surface area (TPSA) is 93.1 Å². The molecule has 0 fully saturated rings. The van der Waals surface area contributed by atoms with Crippen LogP contribution in [0.4, 0.5) is 0 Å². The van der Waals surface area contributed by atoms with Crippen molar-refractivity contribution in [3.8, 4) is 23.0 Å². The van der Waals surface area contributed by atoms with E-state index in [0.29, 0.717) is 11.5 Å². The van der Waals surface area contributed by atoms with Crippen LogP contribution in [0.5, 0.6) is 23.0 Å². The normalized spacial score (nSPS) is 10.9. The van der Waals surface area contributed by atoms with E-state index in [1.165, 1.54) is 103 Å². The average Bonchev–Trinajstić information content (AvgIpc) is 2.82. The average molecular weight is 527 g/mol. The Morgan fingerprint density at radius 2 is 0.789 bits per heavy atom. The molecule has 0 unspecified atom stereocenters. The molecule has 6 nitrogen and oxygen atoms in total. The van der Waals surface area contributed by atoms with Crippen LogP contribution in [0.1, 0.15) is 115 Å². The summed E-state index contributed by atoms with van der Waals surface area (Å²) in [4.78, 5) is 22.2. The van der Waals surface area contributed by atoms with Gasteiger partial charge in [0, 0.05) is 26.0 Å². The number of rotatable bonds is 19. The molecule has 6 heteroatoms. The Labute approximate surface area is 228 Å². The maximum Gasteiger partial charge on any atom is 0.308 e. The number of esters is 2. The van der Waals surface area contributed by atoms with Crippen LogP contribution in [0.3, 0.4) is 0 Å². The number of hydrogen-bond acceptors (Lipinski definition) is 6. The van der Waals surface area contributed by atoms with E-state index in [2.05, 4.69) is 0 Å². The zero-order valence-electron chi connectivity index (χ0n) is 23.3. The lowest BCUT2D eigenvalue weighted by Crippen LogP contribution is -2.01. The molecule has 2 aromatic rings. The molecule has 0 bridgehead atoms. The number of aryl methyl sites for hydroxylation is 2. The number of ether oxygens (including phenoxy) is 2. The van der Waals surface area contributed by atoms with Crippen molar-refractivity contribution in [2.45, 2.75) is 117 Å².